The van der Waals surface area contributed by atoms with Gasteiger partial charge in [-0.25, -0.2) is 4.98 Å². The number of benzene rings is 2. The molecule has 1 heterocycles. The molecule has 5 nitrogen and oxygen atoms in total. The molecule has 1 aromatic heterocycles. The predicted octanol–water partition coefficient (Wildman–Crippen LogP) is 4.29. The van der Waals surface area contributed by atoms with Crippen molar-refractivity contribution in [3.05, 3.63) is 63.9 Å². The number of rotatable bonds is 6. The zero-order valence-electron chi connectivity index (χ0n) is 16.0. The number of hydrogen-bond acceptors (Lipinski definition) is 4. The van der Waals surface area contributed by atoms with Crippen LogP contribution < -0.4 is 10.9 Å². The van der Waals surface area contributed by atoms with E-state index < -0.39 is 5.25 Å². The fraction of sp³-hybridized carbons (Fsp3) is 0.286. The van der Waals surface area contributed by atoms with E-state index in [0.717, 1.165) is 0 Å². The topological polar surface area (TPSA) is 64.0 Å². The quantitative estimate of drug-likeness (QED) is 0.481. The number of fused-ring (bicyclic) bond motifs is 1. The van der Waals surface area contributed by atoms with Crippen LogP contribution in [0, 0.1) is 5.92 Å². The minimum Gasteiger partial charge on any atom is -0.355 e. The molecule has 28 heavy (non-hydrogen) atoms. The molecule has 0 saturated carbocycles. The second-order valence-electron chi connectivity index (χ2n) is 6.93. The number of halogens is 1. The third-order valence-corrected chi connectivity index (χ3v) is 5.47. The lowest BCUT2D eigenvalue weighted by atomic mass is 10.2. The van der Waals surface area contributed by atoms with E-state index in [1.54, 1.807) is 36.4 Å². The lowest BCUT2D eigenvalue weighted by Gasteiger charge is -2.17. The smallest absolute Gasteiger partial charge is 0.266 e. The Balaban J connectivity index is 2.05. The van der Waals surface area contributed by atoms with Crippen LogP contribution in [0.4, 0.5) is 0 Å². The fourth-order valence-corrected chi connectivity index (χ4v) is 3.75. The highest BCUT2D eigenvalue weighted by molar-refractivity contribution is 8.00. The predicted molar refractivity (Wildman–Crippen MR) is 116 cm³/mol. The average Bonchev–Trinajstić information content (AvgIpc) is 2.67. The third-order valence-electron chi connectivity index (χ3n) is 4.17. The summed E-state index contributed by atoms with van der Waals surface area (Å²) in [6, 6.07) is 14.2. The molecule has 1 atom stereocenters. The number of thioether (sulfide) groups is 1. The van der Waals surface area contributed by atoms with Crippen molar-refractivity contribution in [3.8, 4) is 5.69 Å². The lowest BCUT2D eigenvalue weighted by Crippen LogP contribution is -2.34. The first-order valence-corrected chi connectivity index (χ1v) is 10.3. The summed E-state index contributed by atoms with van der Waals surface area (Å²) in [6.07, 6.45) is 0. The number of nitrogens with zero attached hydrogens (tertiary/aromatic N) is 2. The molecule has 0 spiro atoms. The molecule has 2 aromatic carbocycles. The standard InChI is InChI=1S/C21H22ClN3O2S/c1-13(2)12-23-19(26)14(3)28-21-24-18-7-5-4-6-17(18)20(27)25(21)16-10-8-15(22)9-11-16/h4-11,13-14H,12H2,1-3H3,(H,23,26)/t14-/m0/s1. The van der Waals surface area contributed by atoms with Gasteiger partial charge in [0.25, 0.3) is 5.56 Å². The van der Waals surface area contributed by atoms with Crippen molar-refractivity contribution in [2.45, 2.75) is 31.2 Å². The number of aromatic nitrogens is 2. The Morgan fingerprint density at radius 1 is 1.14 bits per heavy atom. The van der Waals surface area contributed by atoms with Gasteiger partial charge in [0.1, 0.15) is 0 Å². The summed E-state index contributed by atoms with van der Waals surface area (Å²) >= 11 is 7.26. The van der Waals surface area contributed by atoms with Gasteiger partial charge in [-0.15, -0.1) is 0 Å². The van der Waals surface area contributed by atoms with E-state index in [1.807, 2.05) is 32.9 Å². The van der Waals surface area contributed by atoms with Gasteiger partial charge in [-0.2, -0.15) is 0 Å². The molecule has 146 valence electrons. The van der Waals surface area contributed by atoms with Crippen molar-refractivity contribution in [3.63, 3.8) is 0 Å². The summed E-state index contributed by atoms with van der Waals surface area (Å²) in [7, 11) is 0. The Morgan fingerprint density at radius 2 is 1.82 bits per heavy atom. The number of para-hydroxylation sites is 1. The molecule has 1 N–H and O–H groups in total. The molecule has 0 aliphatic carbocycles. The van der Waals surface area contributed by atoms with Gasteiger partial charge >= 0.3 is 0 Å². The Bertz CT molecular complexity index is 1050. The first kappa shape index (κ1) is 20.4. The monoisotopic (exact) mass is 415 g/mol. The lowest BCUT2D eigenvalue weighted by molar-refractivity contribution is -0.120. The number of carbonyl (C=O) groups excluding carboxylic acids is 1. The molecule has 0 unspecified atom stereocenters. The van der Waals surface area contributed by atoms with E-state index >= 15 is 0 Å². The molecule has 0 fully saturated rings. The maximum atomic E-state index is 13.2. The normalized spacial score (nSPS) is 12.3. The van der Waals surface area contributed by atoms with Gasteiger partial charge in [0.15, 0.2) is 5.16 Å². The van der Waals surface area contributed by atoms with Gasteiger partial charge < -0.3 is 5.32 Å². The van der Waals surface area contributed by atoms with E-state index in [4.69, 9.17) is 11.6 Å². The van der Waals surface area contributed by atoms with Crippen LogP contribution >= 0.6 is 23.4 Å². The van der Waals surface area contributed by atoms with Crippen LogP contribution in [0.5, 0.6) is 0 Å². The van der Waals surface area contributed by atoms with Crippen molar-refractivity contribution in [1.29, 1.82) is 0 Å². The summed E-state index contributed by atoms with van der Waals surface area (Å²) in [4.78, 5) is 30.3. The summed E-state index contributed by atoms with van der Waals surface area (Å²) in [6.45, 7) is 6.51. The molecular formula is C21H22ClN3O2S. The molecule has 0 bridgehead atoms. The second-order valence-corrected chi connectivity index (χ2v) is 8.67. The zero-order valence-corrected chi connectivity index (χ0v) is 17.6. The van der Waals surface area contributed by atoms with Crippen LogP contribution in [0.2, 0.25) is 5.02 Å². The summed E-state index contributed by atoms with van der Waals surface area (Å²) in [5.74, 6) is 0.288. The Morgan fingerprint density at radius 3 is 2.50 bits per heavy atom. The largest absolute Gasteiger partial charge is 0.355 e. The van der Waals surface area contributed by atoms with Crippen LogP contribution in [0.25, 0.3) is 16.6 Å². The SMILES string of the molecule is CC(C)CNC(=O)[C@H](C)Sc1nc2ccccc2c(=O)n1-c1ccc(Cl)cc1. The minimum absolute atomic E-state index is 0.0798. The van der Waals surface area contributed by atoms with Crippen LogP contribution in [0.1, 0.15) is 20.8 Å². The molecule has 7 heteroatoms. The highest BCUT2D eigenvalue weighted by Gasteiger charge is 2.20. The van der Waals surface area contributed by atoms with Crippen molar-refractivity contribution in [2.24, 2.45) is 5.92 Å². The number of nitrogens with one attached hydrogen (secondary N) is 1. The van der Waals surface area contributed by atoms with Gasteiger partial charge in [-0.05, 0) is 49.2 Å². The maximum absolute atomic E-state index is 13.2. The van der Waals surface area contributed by atoms with Crippen LogP contribution in [-0.2, 0) is 4.79 Å². The molecule has 0 aliphatic heterocycles. The van der Waals surface area contributed by atoms with Gasteiger partial charge in [-0.3, -0.25) is 14.2 Å². The Labute approximate surface area is 173 Å². The highest BCUT2D eigenvalue weighted by Crippen LogP contribution is 2.25. The van der Waals surface area contributed by atoms with E-state index in [-0.39, 0.29) is 11.5 Å². The third kappa shape index (κ3) is 4.56. The van der Waals surface area contributed by atoms with Crippen molar-refractivity contribution < 1.29 is 4.79 Å². The zero-order chi connectivity index (χ0) is 20.3. The first-order chi connectivity index (χ1) is 13.4. The van der Waals surface area contributed by atoms with Crippen LogP contribution in [0.15, 0.2) is 58.5 Å². The second kappa shape index (κ2) is 8.80. The van der Waals surface area contributed by atoms with Crippen molar-refractivity contribution in [2.75, 3.05) is 6.54 Å². The Kier molecular flexibility index (Phi) is 6.42. The maximum Gasteiger partial charge on any atom is 0.266 e. The summed E-state index contributed by atoms with van der Waals surface area (Å²) in [5.41, 5.74) is 1.09. The first-order valence-electron chi connectivity index (χ1n) is 9.09. The molecule has 0 radical (unpaired) electrons. The van der Waals surface area contributed by atoms with E-state index in [9.17, 15) is 9.59 Å². The molecule has 0 saturated heterocycles. The molecular weight excluding hydrogens is 394 g/mol. The molecule has 1 amide bonds. The Hall–Kier alpha value is -2.31. The van der Waals surface area contributed by atoms with Gasteiger partial charge in [0.2, 0.25) is 5.91 Å². The number of carbonyl (C=O) groups is 1. The van der Waals surface area contributed by atoms with Crippen molar-refractivity contribution >= 4 is 40.2 Å². The number of amides is 1. The van der Waals surface area contributed by atoms with Gasteiger partial charge in [0, 0.05) is 11.6 Å². The summed E-state index contributed by atoms with van der Waals surface area (Å²) in [5, 5.41) is 4.11. The molecule has 0 aliphatic rings. The van der Waals surface area contributed by atoms with Crippen LogP contribution in [0.3, 0.4) is 0 Å². The molecule has 3 aromatic rings. The number of hydrogen-bond donors (Lipinski definition) is 1. The van der Waals surface area contributed by atoms with Crippen LogP contribution in [-0.4, -0.2) is 27.3 Å². The fourth-order valence-electron chi connectivity index (χ4n) is 2.67. The summed E-state index contributed by atoms with van der Waals surface area (Å²) < 4.78 is 1.54. The van der Waals surface area contributed by atoms with Gasteiger partial charge in [-0.1, -0.05) is 49.3 Å². The van der Waals surface area contributed by atoms with E-state index in [0.29, 0.717) is 39.2 Å². The van der Waals surface area contributed by atoms with E-state index in [2.05, 4.69) is 10.3 Å². The van der Waals surface area contributed by atoms with Crippen molar-refractivity contribution in [1.82, 2.24) is 14.9 Å². The highest BCUT2D eigenvalue weighted by atomic mass is 35.5. The van der Waals surface area contributed by atoms with Gasteiger partial charge in [0.05, 0.1) is 21.8 Å². The van der Waals surface area contributed by atoms with E-state index in [1.165, 1.54) is 16.3 Å². The molecule has 3 rings (SSSR count). The minimum atomic E-state index is -0.398. The average molecular weight is 416 g/mol.